The second-order valence-electron chi connectivity index (χ2n) is 2.54. The Morgan fingerprint density at radius 3 is 2.50 bits per heavy atom. The van der Waals surface area contributed by atoms with Gasteiger partial charge in [-0.1, -0.05) is 30.3 Å². The van der Waals surface area contributed by atoms with Crippen molar-refractivity contribution in [2.45, 2.75) is 12.8 Å². The number of rotatable bonds is 2. The summed E-state index contributed by atoms with van der Waals surface area (Å²) in [6, 6.07) is 9.45. The Bertz CT molecular complexity index is 258. The fourth-order valence-electron chi connectivity index (χ4n) is 0.957. The van der Waals surface area contributed by atoms with E-state index in [0.29, 0.717) is 0 Å². The molecule has 0 aliphatic rings. The van der Waals surface area contributed by atoms with Crippen LogP contribution >= 0.6 is 12.9 Å². The molecule has 0 radical (unpaired) electrons. The zero-order valence-corrected chi connectivity index (χ0v) is 7.62. The summed E-state index contributed by atoms with van der Waals surface area (Å²) in [5.41, 5.74) is 0.941. The van der Waals surface area contributed by atoms with Crippen molar-refractivity contribution in [3.63, 3.8) is 0 Å². The van der Waals surface area contributed by atoms with Crippen LogP contribution in [0.5, 0.6) is 0 Å². The molecular formula is C9H10O2S. The van der Waals surface area contributed by atoms with E-state index >= 15 is 0 Å². The van der Waals surface area contributed by atoms with Crippen molar-refractivity contribution in [2.24, 2.45) is 0 Å². The summed E-state index contributed by atoms with van der Waals surface area (Å²) in [5.74, 6) is -0.576. The molecule has 1 atom stereocenters. The SMILES string of the molecule is C[C@H](C(=O)OS)c1ccccc1. The van der Waals surface area contributed by atoms with Gasteiger partial charge in [0.2, 0.25) is 0 Å². The number of benzene rings is 1. The number of hydrogen-bond donors (Lipinski definition) is 1. The van der Waals surface area contributed by atoms with Gasteiger partial charge in [-0.2, -0.15) is 0 Å². The highest BCUT2D eigenvalue weighted by Crippen LogP contribution is 2.16. The molecular weight excluding hydrogens is 172 g/mol. The Kier molecular flexibility index (Phi) is 3.17. The van der Waals surface area contributed by atoms with Crippen LogP contribution in [0.1, 0.15) is 18.4 Å². The highest BCUT2D eigenvalue weighted by atomic mass is 32.1. The smallest absolute Gasteiger partial charge is 0.324 e. The summed E-state index contributed by atoms with van der Waals surface area (Å²) >= 11 is 3.46. The van der Waals surface area contributed by atoms with E-state index < -0.39 is 0 Å². The minimum Gasteiger partial charge on any atom is -0.394 e. The Hall–Kier alpha value is -0.960. The Balaban J connectivity index is 2.78. The van der Waals surface area contributed by atoms with E-state index in [4.69, 9.17) is 0 Å². The minimum absolute atomic E-state index is 0.247. The number of hydrogen-bond acceptors (Lipinski definition) is 3. The van der Waals surface area contributed by atoms with Crippen LogP contribution in [0, 0.1) is 0 Å². The van der Waals surface area contributed by atoms with E-state index in [2.05, 4.69) is 17.1 Å². The third kappa shape index (κ3) is 2.01. The molecule has 0 aromatic heterocycles. The van der Waals surface area contributed by atoms with Crippen molar-refractivity contribution in [3.05, 3.63) is 35.9 Å². The average Bonchev–Trinajstić information content (AvgIpc) is 2.17. The van der Waals surface area contributed by atoms with Crippen LogP contribution in [0.3, 0.4) is 0 Å². The van der Waals surface area contributed by atoms with Crippen LogP contribution in [0.15, 0.2) is 30.3 Å². The summed E-state index contributed by atoms with van der Waals surface area (Å²) < 4.78 is 4.32. The lowest BCUT2D eigenvalue weighted by atomic mass is 10.0. The first-order valence-electron chi connectivity index (χ1n) is 3.66. The molecule has 0 aliphatic heterocycles. The predicted octanol–water partition coefficient (Wildman–Crippen LogP) is 2.18. The van der Waals surface area contributed by atoms with Crippen molar-refractivity contribution in [3.8, 4) is 0 Å². The topological polar surface area (TPSA) is 26.3 Å². The lowest BCUT2D eigenvalue weighted by Gasteiger charge is -2.07. The van der Waals surface area contributed by atoms with Gasteiger partial charge in [-0.3, -0.25) is 4.79 Å². The van der Waals surface area contributed by atoms with Crippen molar-refractivity contribution in [1.29, 1.82) is 0 Å². The van der Waals surface area contributed by atoms with E-state index in [9.17, 15) is 4.79 Å². The second kappa shape index (κ2) is 4.16. The molecule has 1 rings (SSSR count). The largest absolute Gasteiger partial charge is 0.394 e. The van der Waals surface area contributed by atoms with Gasteiger partial charge < -0.3 is 4.18 Å². The zero-order valence-electron chi connectivity index (χ0n) is 6.73. The molecule has 2 nitrogen and oxygen atoms in total. The van der Waals surface area contributed by atoms with Gasteiger partial charge in [-0.15, -0.1) is 0 Å². The third-order valence-electron chi connectivity index (χ3n) is 1.74. The molecule has 0 bridgehead atoms. The van der Waals surface area contributed by atoms with Gasteiger partial charge >= 0.3 is 5.97 Å². The summed E-state index contributed by atoms with van der Waals surface area (Å²) in [5, 5.41) is 0. The summed E-state index contributed by atoms with van der Waals surface area (Å²) in [6.07, 6.45) is 0. The highest BCUT2D eigenvalue weighted by molar-refractivity contribution is 7.75. The van der Waals surface area contributed by atoms with E-state index in [1.807, 2.05) is 30.3 Å². The standard InChI is InChI=1S/C9H10O2S/c1-7(9(10)11-12)8-5-3-2-4-6-8/h2-7,12H,1H3/t7-/m0/s1. The van der Waals surface area contributed by atoms with Gasteiger partial charge in [-0.05, 0) is 12.5 Å². The number of carbonyl (C=O) groups excluding carboxylic acids is 1. The van der Waals surface area contributed by atoms with Gasteiger partial charge in [0.15, 0.2) is 0 Å². The number of carbonyl (C=O) groups is 1. The summed E-state index contributed by atoms with van der Waals surface area (Å²) in [7, 11) is 0. The van der Waals surface area contributed by atoms with Gasteiger partial charge in [0, 0.05) is 12.9 Å². The molecule has 0 fully saturated rings. The maximum atomic E-state index is 11.0. The molecule has 0 aliphatic carbocycles. The molecule has 0 heterocycles. The first kappa shape index (κ1) is 9.13. The second-order valence-corrected chi connectivity index (χ2v) is 2.73. The van der Waals surface area contributed by atoms with E-state index in [0.717, 1.165) is 5.56 Å². The Morgan fingerprint density at radius 2 is 2.00 bits per heavy atom. The van der Waals surface area contributed by atoms with Crippen LogP contribution in [-0.2, 0) is 8.98 Å². The van der Waals surface area contributed by atoms with Crippen molar-refractivity contribution < 1.29 is 8.98 Å². The molecule has 1 aromatic carbocycles. The number of thiol groups is 1. The van der Waals surface area contributed by atoms with E-state index in [-0.39, 0.29) is 11.9 Å². The lowest BCUT2D eigenvalue weighted by molar-refractivity contribution is -0.134. The van der Waals surface area contributed by atoms with E-state index in [1.54, 1.807) is 6.92 Å². The van der Waals surface area contributed by atoms with Gasteiger partial charge in [-0.25, -0.2) is 0 Å². The molecule has 0 amide bonds. The van der Waals surface area contributed by atoms with Crippen molar-refractivity contribution >= 4 is 18.9 Å². The first-order chi connectivity index (χ1) is 5.75. The summed E-state index contributed by atoms with van der Waals surface area (Å²) in [6.45, 7) is 1.79. The normalized spacial score (nSPS) is 12.2. The third-order valence-corrected chi connectivity index (χ3v) is 1.92. The molecule has 64 valence electrons. The first-order valence-corrected chi connectivity index (χ1v) is 4.02. The van der Waals surface area contributed by atoms with Crippen LogP contribution in [0.25, 0.3) is 0 Å². The van der Waals surface area contributed by atoms with Crippen LogP contribution in [-0.4, -0.2) is 5.97 Å². The Labute approximate surface area is 77.2 Å². The molecule has 0 saturated heterocycles. The molecule has 0 unspecified atom stereocenters. The van der Waals surface area contributed by atoms with Crippen LogP contribution in [0.4, 0.5) is 0 Å². The maximum absolute atomic E-state index is 11.0. The maximum Gasteiger partial charge on any atom is 0.324 e. The molecule has 3 heteroatoms. The average molecular weight is 182 g/mol. The summed E-state index contributed by atoms with van der Waals surface area (Å²) in [4.78, 5) is 11.0. The minimum atomic E-state index is -0.329. The van der Waals surface area contributed by atoms with Gasteiger partial charge in [0.1, 0.15) is 0 Å². The monoisotopic (exact) mass is 182 g/mol. The van der Waals surface area contributed by atoms with Crippen LogP contribution in [0.2, 0.25) is 0 Å². The highest BCUT2D eigenvalue weighted by Gasteiger charge is 2.14. The zero-order chi connectivity index (χ0) is 8.97. The van der Waals surface area contributed by atoms with Crippen molar-refractivity contribution in [2.75, 3.05) is 0 Å². The quantitative estimate of drug-likeness (QED) is 0.560. The molecule has 12 heavy (non-hydrogen) atoms. The Morgan fingerprint density at radius 1 is 1.42 bits per heavy atom. The lowest BCUT2D eigenvalue weighted by Crippen LogP contribution is -2.08. The fourth-order valence-corrected chi connectivity index (χ4v) is 1.11. The van der Waals surface area contributed by atoms with Gasteiger partial charge in [0.05, 0.1) is 5.92 Å². The molecule has 0 spiro atoms. The van der Waals surface area contributed by atoms with Gasteiger partial charge in [0.25, 0.3) is 0 Å². The van der Waals surface area contributed by atoms with Crippen molar-refractivity contribution in [1.82, 2.24) is 0 Å². The van der Waals surface area contributed by atoms with E-state index in [1.165, 1.54) is 0 Å². The molecule has 0 N–H and O–H groups in total. The van der Waals surface area contributed by atoms with Crippen LogP contribution < -0.4 is 0 Å². The fraction of sp³-hybridized carbons (Fsp3) is 0.222. The molecule has 1 aromatic rings. The predicted molar refractivity (Wildman–Crippen MR) is 49.9 cm³/mol. The molecule has 0 saturated carbocycles.